The number of hydrogen-bond donors (Lipinski definition) is 0. The van der Waals surface area contributed by atoms with Crippen molar-refractivity contribution in [2.24, 2.45) is 0 Å². The number of aromatic nitrogens is 1. The highest BCUT2D eigenvalue weighted by Gasteiger charge is 2.34. The Morgan fingerprint density at radius 1 is 1.32 bits per heavy atom. The van der Waals surface area contributed by atoms with Crippen molar-refractivity contribution in [3.8, 4) is 6.07 Å². The van der Waals surface area contributed by atoms with Crippen LogP contribution in [0.4, 0.5) is 0 Å². The molecule has 0 unspecified atom stereocenters. The van der Waals surface area contributed by atoms with Crippen molar-refractivity contribution in [1.29, 1.82) is 5.26 Å². The number of fused-ring (bicyclic) bond motifs is 1. The molecule has 1 saturated carbocycles. The minimum Gasteiger partial charge on any atom is -0.437 e. The van der Waals surface area contributed by atoms with Gasteiger partial charge < -0.3 is 4.42 Å². The highest BCUT2D eigenvalue weighted by molar-refractivity contribution is 7.18. The van der Waals surface area contributed by atoms with Crippen molar-refractivity contribution < 1.29 is 14.0 Å². The van der Waals surface area contributed by atoms with Crippen LogP contribution in [0.2, 0.25) is 0 Å². The molecular weight excluding hydrogens is 374 g/mol. The number of furan rings is 1. The van der Waals surface area contributed by atoms with Gasteiger partial charge in [-0.2, -0.15) is 5.26 Å². The summed E-state index contributed by atoms with van der Waals surface area (Å²) < 4.78 is 6.82. The normalized spacial score (nSPS) is 20.5. The molecule has 2 aromatic rings. The molecule has 4 rings (SSSR count). The molecule has 1 aliphatic carbocycles. The van der Waals surface area contributed by atoms with Crippen LogP contribution in [0.15, 0.2) is 27.2 Å². The largest absolute Gasteiger partial charge is 0.437 e. The minimum atomic E-state index is -0.538. The quantitative estimate of drug-likeness (QED) is 0.562. The molecule has 7 heteroatoms. The fourth-order valence-electron chi connectivity index (χ4n) is 3.92. The lowest BCUT2D eigenvalue weighted by Crippen LogP contribution is -2.42. The van der Waals surface area contributed by atoms with Gasteiger partial charge in [0.2, 0.25) is 5.71 Å². The summed E-state index contributed by atoms with van der Waals surface area (Å²) in [6.07, 6.45) is 7.79. The Labute approximate surface area is 167 Å². The van der Waals surface area contributed by atoms with E-state index in [9.17, 15) is 14.9 Å². The molecule has 0 atom stereocenters. The van der Waals surface area contributed by atoms with Gasteiger partial charge in [0.1, 0.15) is 22.4 Å². The number of rotatable bonds is 3. The second kappa shape index (κ2) is 7.36. The Hall–Kier alpha value is -2.72. The average molecular weight is 395 g/mol. The van der Waals surface area contributed by atoms with Crippen molar-refractivity contribution in [2.45, 2.75) is 51.9 Å². The highest BCUT2D eigenvalue weighted by Crippen LogP contribution is 2.38. The molecule has 0 aromatic carbocycles. The van der Waals surface area contributed by atoms with E-state index in [0.29, 0.717) is 28.5 Å². The SMILES string of the molecule is CCN1C(=O)C(C#N)=C(C)/C(=C/c2cc3sc(C4CCCCC4)nc3o2)C1=O. The maximum Gasteiger partial charge on any atom is 0.271 e. The lowest BCUT2D eigenvalue weighted by atomic mass is 9.90. The predicted molar refractivity (Wildman–Crippen MR) is 106 cm³/mol. The number of nitrogens with zero attached hydrogens (tertiary/aromatic N) is 3. The maximum absolute atomic E-state index is 12.7. The van der Waals surface area contributed by atoms with Gasteiger partial charge in [0, 0.05) is 24.1 Å². The molecule has 0 radical (unpaired) electrons. The molecule has 2 aliphatic rings. The Kier molecular flexibility index (Phi) is 4.90. The van der Waals surface area contributed by atoms with Crippen LogP contribution in [-0.2, 0) is 9.59 Å². The van der Waals surface area contributed by atoms with Gasteiger partial charge >= 0.3 is 0 Å². The third kappa shape index (κ3) is 3.08. The number of nitriles is 1. The van der Waals surface area contributed by atoms with Gasteiger partial charge in [0.05, 0.1) is 4.70 Å². The van der Waals surface area contributed by atoms with E-state index in [0.717, 1.165) is 14.6 Å². The lowest BCUT2D eigenvalue weighted by Gasteiger charge is -2.25. The fourth-order valence-corrected chi connectivity index (χ4v) is 5.03. The van der Waals surface area contributed by atoms with Gasteiger partial charge in [0.15, 0.2) is 0 Å². The zero-order chi connectivity index (χ0) is 19.8. The Morgan fingerprint density at radius 2 is 2.07 bits per heavy atom. The summed E-state index contributed by atoms with van der Waals surface area (Å²) in [7, 11) is 0. The summed E-state index contributed by atoms with van der Waals surface area (Å²) in [6, 6.07) is 3.80. The molecule has 2 aromatic heterocycles. The maximum atomic E-state index is 12.7. The Balaban J connectivity index is 1.69. The Bertz CT molecular complexity index is 1030. The first-order valence-corrected chi connectivity index (χ1v) is 10.4. The monoisotopic (exact) mass is 395 g/mol. The standard InChI is InChI=1S/C21H21N3O3S/c1-3-24-20(25)15(12(2)16(11-22)21(24)26)9-14-10-17-18(27-14)23-19(28-17)13-7-5-4-6-8-13/h9-10,13H,3-8H2,1-2H3/b15-9-. The second-order valence-corrected chi connectivity index (χ2v) is 8.29. The number of hydrogen-bond acceptors (Lipinski definition) is 6. The van der Waals surface area contributed by atoms with Crippen molar-refractivity contribution in [1.82, 2.24) is 9.88 Å². The fraction of sp³-hybridized carbons (Fsp3) is 0.429. The molecule has 0 spiro atoms. The number of imide groups is 1. The van der Waals surface area contributed by atoms with E-state index in [4.69, 9.17) is 4.42 Å². The van der Waals surface area contributed by atoms with E-state index in [1.165, 1.54) is 32.1 Å². The third-order valence-corrected chi connectivity index (χ3v) is 6.65. The van der Waals surface area contributed by atoms with Crippen molar-refractivity contribution in [2.75, 3.05) is 6.54 Å². The highest BCUT2D eigenvalue weighted by atomic mass is 32.1. The van der Waals surface area contributed by atoms with Crippen molar-refractivity contribution in [3.05, 3.63) is 33.6 Å². The van der Waals surface area contributed by atoms with Crippen LogP contribution in [-0.4, -0.2) is 28.2 Å². The van der Waals surface area contributed by atoms with E-state index >= 15 is 0 Å². The van der Waals surface area contributed by atoms with Gasteiger partial charge in [-0.05, 0) is 38.3 Å². The van der Waals surface area contributed by atoms with Crippen LogP contribution in [0, 0.1) is 11.3 Å². The zero-order valence-corrected chi connectivity index (χ0v) is 16.8. The van der Waals surface area contributed by atoms with E-state index in [1.807, 2.05) is 12.1 Å². The van der Waals surface area contributed by atoms with E-state index in [1.54, 1.807) is 31.3 Å². The molecule has 3 heterocycles. The molecule has 0 N–H and O–H groups in total. The van der Waals surface area contributed by atoms with Crippen molar-refractivity contribution >= 4 is 39.6 Å². The molecular formula is C21H21N3O3S. The topological polar surface area (TPSA) is 87.2 Å². The van der Waals surface area contributed by atoms with Gasteiger partial charge in [-0.25, -0.2) is 4.98 Å². The first-order valence-electron chi connectivity index (χ1n) is 9.63. The molecule has 1 fully saturated rings. The number of carbonyl (C=O) groups excluding carboxylic acids is 2. The summed E-state index contributed by atoms with van der Waals surface area (Å²) >= 11 is 1.65. The van der Waals surface area contributed by atoms with Crippen LogP contribution in [0.25, 0.3) is 16.5 Å². The number of thiazole rings is 1. The summed E-state index contributed by atoms with van der Waals surface area (Å²) in [6.45, 7) is 3.55. The zero-order valence-electron chi connectivity index (χ0n) is 15.9. The van der Waals surface area contributed by atoms with E-state index in [2.05, 4.69) is 4.98 Å². The number of amides is 2. The van der Waals surface area contributed by atoms with Crippen LogP contribution in [0.5, 0.6) is 0 Å². The van der Waals surface area contributed by atoms with Crippen LogP contribution >= 0.6 is 11.3 Å². The molecule has 1 aliphatic heterocycles. The van der Waals surface area contributed by atoms with Gasteiger partial charge in [-0.3, -0.25) is 14.5 Å². The molecule has 0 bridgehead atoms. The van der Waals surface area contributed by atoms with Gasteiger partial charge in [0.25, 0.3) is 11.8 Å². The first-order chi connectivity index (χ1) is 13.5. The smallest absolute Gasteiger partial charge is 0.271 e. The lowest BCUT2D eigenvalue weighted by molar-refractivity contribution is -0.140. The van der Waals surface area contributed by atoms with Crippen LogP contribution < -0.4 is 0 Å². The molecule has 144 valence electrons. The van der Waals surface area contributed by atoms with Crippen LogP contribution in [0.1, 0.15) is 62.6 Å². The van der Waals surface area contributed by atoms with E-state index < -0.39 is 11.8 Å². The van der Waals surface area contributed by atoms with Gasteiger partial charge in [-0.15, -0.1) is 11.3 Å². The molecule has 6 nitrogen and oxygen atoms in total. The average Bonchev–Trinajstić information content (AvgIpc) is 3.25. The molecule has 2 amide bonds. The summed E-state index contributed by atoms with van der Waals surface area (Å²) in [5.41, 5.74) is 1.29. The van der Waals surface area contributed by atoms with E-state index in [-0.39, 0.29) is 12.1 Å². The molecule has 0 saturated heterocycles. The van der Waals surface area contributed by atoms with Crippen molar-refractivity contribution in [3.63, 3.8) is 0 Å². The van der Waals surface area contributed by atoms with Crippen LogP contribution in [0.3, 0.4) is 0 Å². The predicted octanol–water partition coefficient (Wildman–Crippen LogP) is 4.55. The summed E-state index contributed by atoms with van der Waals surface area (Å²) in [4.78, 5) is 30.7. The number of likely N-dealkylation sites (N-methyl/N-ethyl adjacent to an activating group) is 1. The first kappa shape index (κ1) is 18.6. The Morgan fingerprint density at radius 3 is 2.71 bits per heavy atom. The number of carbonyl (C=O) groups is 2. The summed E-state index contributed by atoms with van der Waals surface area (Å²) in [5.74, 6) is 0.0911. The van der Waals surface area contributed by atoms with Gasteiger partial charge in [-0.1, -0.05) is 19.3 Å². The summed E-state index contributed by atoms with van der Waals surface area (Å²) in [5, 5.41) is 10.5. The third-order valence-electron chi connectivity index (χ3n) is 5.51. The molecule has 28 heavy (non-hydrogen) atoms. The second-order valence-electron chi connectivity index (χ2n) is 7.23. The minimum absolute atomic E-state index is 0.00113.